The van der Waals surface area contributed by atoms with Crippen molar-refractivity contribution in [3.05, 3.63) is 89.0 Å². The summed E-state index contributed by atoms with van der Waals surface area (Å²) in [6.07, 6.45) is 1.63. The van der Waals surface area contributed by atoms with E-state index in [2.05, 4.69) is 34.3 Å². The SMILES string of the molecule is CCCNc1ccc(N=Nc2ccc(C#Cc3c(F)cc(CC)cc3F)cc2)cc1. The van der Waals surface area contributed by atoms with Crippen molar-refractivity contribution in [3.63, 3.8) is 0 Å². The van der Waals surface area contributed by atoms with Gasteiger partial charge in [-0.05, 0) is 79.1 Å². The minimum atomic E-state index is -0.638. The van der Waals surface area contributed by atoms with Crippen molar-refractivity contribution in [2.24, 2.45) is 10.2 Å². The lowest BCUT2D eigenvalue weighted by Crippen LogP contribution is -1.98. The maximum atomic E-state index is 14.0. The maximum Gasteiger partial charge on any atom is 0.142 e. The molecule has 152 valence electrons. The molecule has 30 heavy (non-hydrogen) atoms. The molecule has 0 aliphatic carbocycles. The standard InChI is InChI=1S/C25H23F2N3/c1-3-15-28-20-10-12-22(13-11-20)30-29-21-8-5-19(6-9-21)7-14-23-24(26)16-18(4-2)17-25(23)27/h5-6,8-13,16-17,28H,3-4,15H2,1-2H3. The monoisotopic (exact) mass is 403 g/mol. The van der Waals surface area contributed by atoms with Crippen molar-refractivity contribution >= 4 is 17.1 Å². The number of anilines is 1. The van der Waals surface area contributed by atoms with Gasteiger partial charge in [0.05, 0.1) is 16.9 Å². The molecule has 0 fully saturated rings. The first-order valence-electron chi connectivity index (χ1n) is 9.94. The lowest BCUT2D eigenvalue weighted by molar-refractivity contribution is 0.574. The number of nitrogens with one attached hydrogen (secondary N) is 1. The van der Waals surface area contributed by atoms with Gasteiger partial charge in [-0.2, -0.15) is 10.2 Å². The van der Waals surface area contributed by atoms with E-state index in [1.54, 1.807) is 24.3 Å². The highest BCUT2D eigenvalue weighted by molar-refractivity contribution is 5.52. The Kier molecular flexibility index (Phi) is 7.29. The zero-order valence-corrected chi connectivity index (χ0v) is 17.0. The Morgan fingerprint density at radius 1 is 0.800 bits per heavy atom. The van der Waals surface area contributed by atoms with Crippen LogP contribution >= 0.6 is 0 Å². The van der Waals surface area contributed by atoms with E-state index in [1.807, 2.05) is 31.2 Å². The second-order valence-corrected chi connectivity index (χ2v) is 6.76. The first-order chi connectivity index (χ1) is 14.6. The van der Waals surface area contributed by atoms with Crippen molar-refractivity contribution < 1.29 is 8.78 Å². The van der Waals surface area contributed by atoms with Crippen molar-refractivity contribution in [1.82, 2.24) is 0 Å². The number of hydrogen-bond acceptors (Lipinski definition) is 3. The summed E-state index contributed by atoms with van der Waals surface area (Å²) in [5.41, 5.74) is 3.50. The van der Waals surface area contributed by atoms with Crippen LogP contribution in [0.15, 0.2) is 70.9 Å². The Bertz CT molecular complexity index is 1050. The molecule has 0 aromatic heterocycles. The van der Waals surface area contributed by atoms with Crippen molar-refractivity contribution in [3.8, 4) is 11.8 Å². The molecule has 0 saturated carbocycles. The summed E-state index contributed by atoms with van der Waals surface area (Å²) < 4.78 is 28.1. The molecule has 1 N–H and O–H groups in total. The van der Waals surface area contributed by atoms with Gasteiger partial charge in [-0.3, -0.25) is 0 Å². The number of aryl methyl sites for hydroxylation is 1. The molecule has 0 spiro atoms. The Morgan fingerprint density at radius 2 is 1.37 bits per heavy atom. The molecular weight excluding hydrogens is 380 g/mol. The normalized spacial score (nSPS) is 10.7. The third kappa shape index (κ3) is 5.74. The van der Waals surface area contributed by atoms with Gasteiger partial charge in [0.2, 0.25) is 0 Å². The Balaban J connectivity index is 1.67. The topological polar surface area (TPSA) is 36.8 Å². The zero-order chi connectivity index (χ0) is 21.3. The summed E-state index contributed by atoms with van der Waals surface area (Å²) in [6, 6.07) is 17.4. The molecule has 3 nitrogen and oxygen atoms in total. The summed E-state index contributed by atoms with van der Waals surface area (Å²) >= 11 is 0. The lowest BCUT2D eigenvalue weighted by atomic mass is 10.1. The number of benzene rings is 3. The fourth-order valence-corrected chi connectivity index (χ4v) is 2.73. The van der Waals surface area contributed by atoms with Crippen LogP contribution in [0.25, 0.3) is 0 Å². The van der Waals surface area contributed by atoms with E-state index < -0.39 is 11.6 Å². The van der Waals surface area contributed by atoms with Gasteiger partial charge < -0.3 is 5.32 Å². The van der Waals surface area contributed by atoms with Gasteiger partial charge in [0.1, 0.15) is 11.6 Å². The third-order valence-corrected chi connectivity index (χ3v) is 4.44. The predicted octanol–water partition coefficient (Wildman–Crippen LogP) is 7.16. The molecule has 0 amide bonds. The average molecular weight is 403 g/mol. The molecule has 3 aromatic carbocycles. The number of azo groups is 1. The van der Waals surface area contributed by atoms with Crippen molar-refractivity contribution in [2.75, 3.05) is 11.9 Å². The summed E-state index contributed by atoms with van der Waals surface area (Å²) in [5.74, 6) is 4.10. The summed E-state index contributed by atoms with van der Waals surface area (Å²) in [5, 5.41) is 11.7. The van der Waals surface area contributed by atoms with Crippen LogP contribution in [-0.4, -0.2) is 6.54 Å². The van der Waals surface area contributed by atoms with Gasteiger partial charge in [0, 0.05) is 17.8 Å². The van der Waals surface area contributed by atoms with Gasteiger partial charge in [-0.25, -0.2) is 8.78 Å². The fraction of sp³-hybridized carbons (Fsp3) is 0.200. The van der Waals surface area contributed by atoms with Crippen molar-refractivity contribution in [2.45, 2.75) is 26.7 Å². The molecule has 0 bridgehead atoms. The molecule has 3 aromatic rings. The maximum absolute atomic E-state index is 14.0. The van der Waals surface area contributed by atoms with E-state index in [9.17, 15) is 8.78 Å². The van der Waals surface area contributed by atoms with Gasteiger partial charge in [-0.15, -0.1) is 0 Å². The van der Waals surface area contributed by atoms with E-state index in [0.717, 1.165) is 24.3 Å². The van der Waals surface area contributed by atoms with Crippen LogP contribution in [0.2, 0.25) is 0 Å². The Morgan fingerprint density at radius 3 is 1.90 bits per heavy atom. The molecule has 5 heteroatoms. The van der Waals surface area contributed by atoms with Gasteiger partial charge >= 0.3 is 0 Å². The summed E-state index contributed by atoms with van der Waals surface area (Å²) in [6.45, 7) is 4.89. The Labute approximate surface area is 175 Å². The molecule has 3 rings (SSSR count). The third-order valence-electron chi connectivity index (χ3n) is 4.44. The predicted molar refractivity (Wildman–Crippen MR) is 118 cm³/mol. The molecule has 0 unspecified atom stereocenters. The van der Waals surface area contributed by atoms with Crippen LogP contribution in [0.3, 0.4) is 0 Å². The molecule has 0 atom stereocenters. The van der Waals surface area contributed by atoms with E-state index in [0.29, 0.717) is 23.2 Å². The summed E-state index contributed by atoms with van der Waals surface area (Å²) in [4.78, 5) is 0. The van der Waals surface area contributed by atoms with E-state index >= 15 is 0 Å². The number of halogens is 2. The number of hydrogen-bond donors (Lipinski definition) is 1. The first-order valence-corrected chi connectivity index (χ1v) is 9.94. The van der Waals surface area contributed by atoms with Gasteiger partial charge in [-0.1, -0.05) is 25.7 Å². The van der Waals surface area contributed by atoms with Crippen LogP contribution in [-0.2, 0) is 6.42 Å². The quantitative estimate of drug-likeness (QED) is 0.344. The Hall–Kier alpha value is -3.52. The second-order valence-electron chi connectivity index (χ2n) is 6.76. The molecule has 0 radical (unpaired) electrons. The minimum absolute atomic E-state index is 0.215. The van der Waals surface area contributed by atoms with Gasteiger partial charge in [0.25, 0.3) is 0 Å². The molecule has 0 saturated heterocycles. The van der Waals surface area contributed by atoms with Gasteiger partial charge in [0.15, 0.2) is 0 Å². The summed E-state index contributed by atoms with van der Waals surface area (Å²) in [7, 11) is 0. The van der Waals surface area contributed by atoms with Crippen LogP contribution in [0.5, 0.6) is 0 Å². The van der Waals surface area contributed by atoms with E-state index in [1.165, 1.54) is 12.1 Å². The minimum Gasteiger partial charge on any atom is -0.385 e. The lowest BCUT2D eigenvalue weighted by Gasteiger charge is -2.03. The molecule has 0 heterocycles. The number of rotatable bonds is 6. The van der Waals surface area contributed by atoms with Crippen LogP contribution in [0.4, 0.5) is 25.8 Å². The molecule has 0 aliphatic rings. The largest absolute Gasteiger partial charge is 0.385 e. The van der Waals surface area contributed by atoms with E-state index in [-0.39, 0.29) is 5.56 Å². The zero-order valence-electron chi connectivity index (χ0n) is 17.0. The molecule has 0 aliphatic heterocycles. The first kappa shape index (κ1) is 21.2. The average Bonchev–Trinajstić information content (AvgIpc) is 2.77. The smallest absolute Gasteiger partial charge is 0.142 e. The van der Waals surface area contributed by atoms with Crippen LogP contribution in [0.1, 0.15) is 37.0 Å². The van der Waals surface area contributed by atoms with Crippen LogP contribution in [0, 0.1) is 23.5 Å². The fourth-order valence-electron chi connectivity index (χ4n) is 2.73. The van der Waals surface area contributed by atoms with Crippen molar-refractivity contribution in [1.29, 1.82) is 0 Å². The van der Waals surface area contributed by atoms with E-state index in [4.69, 9.17) is 0 Å². The highest BCUT2D eigenvalue weighted by atomic mass is 19.1. The molecular formula is C25H23F2N3. The van der Waals surface area contributed by atoms with Crippen LogP contribution < -0.4 is 5.32 Å². The highest BCUT2D eigenvalue weighted by Crippen LogP contribution is 2.21. The second kappa shape index (κ2) is 10.3. The number of nitrogens with zero attached hydrogens (tertiary/aromatic N) is 2. The highest BCUT2D eigenvalue weighted by Gasteiger charge is 2.08.